The topological polar surface area (TPSA) is 78.0 Å². The molecule has 5 nitrogen and oxygen atoms in total. The minimum Gasteiger partial charge on any atom is -0.326 e. The Kier molecular flexibility index (Phi) is 5.76. The van der Waals surface area contributed by atoms with Gasteiger partial charge in [0, 0.05) is 6.54 Å². The minimum absolute atomic E-state index is 0.0644. The van der Waals surface area contributed by atoms with Crippen molar-refractivity contribution in [1.82, 2.24) is 8.96 Å². The number of hydrogen-bond donors (Lipinski definition) is 1. The van der Waals surface area contributed by atoms with Gasteiger partial charge in [-0.15, -0.1) is 0 Å². The molecule has 0 saturated heterocycles. The van der Waals surface area contributed by atoms with E-state index in [4.69, 9.17) is 5.73 Å². The molecule has 2 aromatic rings. The summed E-state index contributed by atoms with van der Waals surface area (Å²) in [4.78, 5) is 4.07. The average molecular weight is 431 g/mol. The standard InChI is InChI=1S/C15H18IN3O2S/c1-2-14-15(16)18-11-19(14)22(20,21)9-3-4-12-5-7-13(10-17)8-6-12/h3-8,11H,2,9-10,17H2,1H3. The normalized spacial score (nSPS) is 12.1. The van der Waals surface area contributed by atoms with Gasteiger partial charge in [-0.3, -0.25) is 0 Å². The Morgan fingerprint density at radius 2 is 2.00 bits per heavy atom. The summed E-state index contributed by atoms with van der Waals surface area (Å²) in [5, 5.41) is 0. The van der Waals surface area contributed by atoms with E-state index in [1.165, 1.54) is 10.3 Å². The van der Waals surface area contributed by atoms with Crippen LogP contribution in [0.4, 0.5) is 0 Å². The Balaban J connectivity index is 2.13. The average Bonchev–Trinajstić information content (AvgIpc) is 2.89. The van der Waals surface area contributed by atoms with Gasteiger partial charge in [0.2, 0.25) is 10.0 Å². The van der Waals surface area contributed by atoms with E-state index in [1.807, 2.05) is 31.2 Å². The molecule has 0 unspecified atom stereocenters. The van der Waals surface area contributed by atoms with Crippen LogP contribution in [0.5, 0.6) is 0 Å². The summed E-state index contributed by atoms with van der Waals surface area (Å²) in [6, 6.07) is 7.70. The van der Waals surface area contributed by atoms with Gasteiger partial charge in [-0.05, 0) is 40.1 Å². The lowest BCUT2D eigenvalue weighted by Crippen LogP contribution is -2.17. The van der Waals surface area contributed by atoms with Crippen molar-refractivity contribution in [3.63, 3.8) is 0 Å². The van der Waals surface area contributed by atoms with Crippen molar-refractivity contribution in [2.45, 2.75) is 19.9 Å². The number of halogens is 1. The van der Waals surface area contributed by atoms with Crippen LogP contribution in [-0.4, -0.2) is 23.1 Å². The summed E-state index contributed by atoms with van der Waals surface area (Å²) in [5.74, 6) is -0.0644. The molecule has 1 aromatic carbocycles. The summed E-state index contributed by atoms with van der Waals surface area (Å²) in [7, 11) is -3.42. The second-order valence-corrected chi connectivity index (χ2v) is 7.67. The third kappa shape index (κ3) is 3.96. The third-order valence-electron chi connectivity index (χ3n) is 3.25. The van der Waals surface area contributed by atoms with E-state index in [9.17, 15) is 8.42 Å². The molecule has 0 aliphatic rings. The van der Waals surface area contributed by atoms with Gasteiger partial charge in [0.15, 0.2) is 0 Å². The highest BCUT2D eigenvalue weighted by Gasteiger charge is 2.17. The number of nitrogens with zero attached hydrogens (tertiary/aromatic N) is 2. The highest BCUT2D eigenvalue weighted by atomic mass is 127. The summed E-state index contributed by atoms with van der Waals surface area (Å²) >= 11 is 2.05. The maximum absolute atomic E-state index is 12.4. The van der Waals surface area contributed by atoms with Gasteiger partial charge in [0.25, 0.3) is 0 Å². The van der Waals surface area contributed by atoms with Crippen LogP contribution in [0.1, 0.15) is 23.7 Å². The van der Waals surface area contributed by atoms with Gasteiger partial charge < -0.3 is 5.73 Å². The second-order valence-electron chi connectivity index (χ2n) is 4.76. The van der Waals surface area contributed by atoms with Gasteiger partial charge in [0.05, 0.1) is 11.4 Å². The molecular formula is C15H18IN3O2S. The third-order valence-corrected chi connectivity index (χ3v) is 5.68. The lowest BCUT2D eigenvalue weighted by Gasteiger charge is -2.06. The van der Waals surface area contributed by atoms with Crippen molar-refractivity contribution in [3.8, 4) is 0 Å². The van der Waals surface area contributed by atoms with Crippen molar-refractivity contribution in [3.05, 3.63) is 57.2 Å². The quantitative estimate of drug-likeness (QED) is 0.713. The lowest BCUT2D eigenvalue weighted by molar-refractivity contribution is 0.588. The molecule has 0 aliphatic carbocycles. The van der Waals surface area contributed by atoms with E-state index < -0.39 is 10.0 Å². The fourth-order valence-electron chi connectivity index (χ4n) is 2.03. The zero-order chi connectivity index (χ0) is 16.2. The van der Waals surface area contributed by atoms with E-state index in [0.717, 1.165) is 20.5 Å². The first-order valence-electron chi connectivity index (χ1n) is 6.88. The lowest BCUT2D eigenvalue weighted by atomic mass is 10.1. The summed E-state index contributed by atoms with van der Waals surface area (Å²) < 4.78 is 26.7. The van der Waals surface area contributed by atoms with Crippen molar-refractivity contribution >= 4 is 38.7 Å². The van der Waals surface area contributed by atoms with Crippen LogP contribution in [0, 0.1) is 3.70 Å². The SMILES string of the molecule is CCc1c(I)ncn1S(=O)(=O)CC=Cc1ccc(CN)cc1. The molecule has 0 aliphatic heterocycles. The van der Waals surface area contributed by atoms with Gasteiger partial charge in [-0.25, -0.2) is 17.4 Å². The predicted octanol–water partition coefficient (Wildman–Crippen LogP) is 2.40. The summed E-state index contributed by atoms with van der Waals surface area (Å²) in [6.45, 7) is 2.41. The number of imidazole rings is 1. The van der Waals surface area contributed by atoms with Gasteiger partial charge >= 0.3 is 0 Å². The Labute approximate surface area is 144 Å². The largest absolute Gasteiger partial charge is 0.326 e. The number of hydrogen-bond acceptors (Lipinski definition) is 4. The molecule has 0 saturated carbocycles. The highest BCUT2D eigenvalue weighted by Crippen LogP contribution is 2.14. The molecular weight excluding hydrogens is 413 g/mol. The highest BCUT2D eigenvalue weighted by molar-refractivity contribution is 14.1. The molecule has 2 N–H and O–H groups in total. The summed E-state index contributed by atoms with van der Waals surface area (Å²) in [6.07, 6.45) is 5.45. The minimum atomic E-state index is -3.42. The monoisotopic (exact) mass is 431 g/mol. The van der Waals surface area contributed by atoms with Crippen molar-refractivity contribution in [2.24, 2.45) is 5.73 Å². The van der Waals surface area contributed by atoms with Crippen LogP contribution in [0.3, 0.4) is 0 Å². The maximum atomic E-state index is 12.4. The number of nitrogens with two attached hydrogens (primary N) is 1. The Morgan fingerprint density at radius 1 is 1.32 bits per heavy atom. The first-order chi connectivity index (χ1) is 10.5. The number of benzene rings is 1. The predicted molar refractivity (Wildman–Crippen MR) is 96.9 cm³/mol. The second kappa shape index (κ2) is 7.38. The molecule has 1 aromatic heterocycles. The Bertz CT molecular complexity index is 765. The van der Waals surface area contributed by atoms with Crippen molar-refractivity contribution in [2.75, 3.05) is 5.75 Å². The van der Waals surface area contributed by atoms with E-state index in [0.29, 0.717) is 13.0 Å². The number of rotatable bonds is 6. The number of aromatic nitrogens is 2. The fraction of sp³-hybridized carbons (Fsp3) is 0.267. The maximum Gasteiger partial charge on any atom is 0.243 e. The molecule has 118 valence electrons. The van der Waals surface area contributed by atoms with Crippen molar-refractivity contribution < 1.29 is 8.42 Å². The van der Waals surface area contributed by atoms with Crippen molar-refractivity contribution in [1.29, 1.82) is 0 Å². The van der Waals surface area contributed by atoms with Crippen LogP contribution >= 0.6 is 22.6 Å². The molecule has 2 rings (SSSR count). The van der Waals surface area contributed by atoms with Gasteiger partial charge in [-0.1, -0.05) is 43.3 Å². The van der Waals surface area contributed by atoms with E-state index in [1.54, 1.807) is 12.2 Å². The molecule has 0 radical (unpaired) electrons. The van der Waals surface area contributed by atoms with E-state index in [2.05, 4.69) is 27.6 Å². The summed E-state index contributed by atoms with van der Waals surface area (Å²) in [5.41, 5.74) is 8.26. The molecule has 0 amide bonds. The molecule has 0 spiro atoms. The van der Waals surface area contributed by atoms with Gasteiger partial charge in [-0.2, -0.15) is 0 Å². The van der Waals surface area contributed by atoms with Crippen LogP contribution in [-0.2, 0) is 23.0 Å². The molecule has 0 bridgehead atoms. The van der Waals surface area contributed by atoms with E-state index in [-0.39, 0.29) is 5.75 Å². The first-order valence-corrected chi connectivity index (χ1v) is 9.57. The Hall–Kier alpha value is -1.19. The Morgan fingerprint density at radius 3 is 2.59 bits per heavy atom. The van der Waals surface area contributed by atoms with E-state index >= 15 is 0 Å². The molecule has 0 fully saturated rings. The smallest absolute Gasteiger partial charge is 0.243 e. The molecule has 0 atom stereocenters. The van der Waals surface area contributed by atoms with Crippen LogP contribution in [0.2, 0.25) is 0 Å². The zero-order valence-corrected chi connectivity index (χ0v) is 15.2. The van der Waals surface area contributed by atoms with Crippen LogP contribution < -0.4 is 5.73 Å². The van der Waals surface area contributed by atoms with Gasteiger partial charge in [0.1, 0.15) is 10.0 Å². The molecule has 1 heterocycles. The fourth-order valence-corrected chi connectivity index (χ4v) is 4.20. The zero-order valence-electron chi connectivity index (χ0n) is 12.2. The van der Waals surface area contributed by atoms with Crippen LogP contribution in [0.25, 0.3) is 6.08 Å². The molecule has 7 heteroatoms. The van der Waals surface area contributed by atoms with Crippen LogP contribution in [0.15, 0.2) is 36.7 Å². The molecule has 22 heavy (non-hydrogen) atoms. The first kappa shape index (κ1) is 17.2.